The lowest BCUT2D eigenvalue weighted by atomic mass is 9.73. The Morgan fingerprint density at radius 1 is 1.15 bits per heavy atom. The second-order valence-electron chi connectivity index (χ2n) is 10.9. The number of hydrogen-bond acceptors (Lipinski definition) is 6. The van der Waals surface area contributed by atoms with Gasteiger partial charge in [-0.1, -0.05) is 30.8 Å². The average Bonchev–Trinajstić information content (AvgIpc) is 3.44. The van der Waals surface area contributed by atoms with Gasteiger partial charge in [-0.3, -0.25) is 4.79 Å². The molecule has 2 aromatic carbocycles. The summed E-state index contributed by atoms with van der Waals surface area (Å²) in [4.78, 5) is 22.8. The first-order valence-electron chi connectivity index (χ1n) is 13.7. The fraction of sp³-hybridized carbons (Fsp3) is 0.433. The topological polar surface area (TPSA) is 79.4 Å². The normalized spacial score (nSPS) is 21.8. The summed E-state index contributed by atoms with van der Waals surface area (Å²) in [5.74, 6) is -0.748. The van der Waals surface area contributed by atoms with Crippen LogP contribution >= 0.6 is 0 Å². The van der Waals surface area contributed by atoms with E-state index >= 15 is 4.39 Å². The fourth-order valence-corrected chi connectivity index (χ4v) is 6.30. The van der Waals surface area contributed by atoms with Crippen LogP contribution in [0, 0.1) is 11.7 Å². The maximum Gasteiger partial charge on any atom is 0.319 e. The van der Waals surface area contributed by atoms with Crippen molar-refractivity contribution >= 4 is 22.6 Å². The predicted octanol–water partition coefficient (Wildman–Crippen LogP) is 4.97. The van der Waals surface area contributed by atoms with Crippen molar-refractivity contribution < 1.29 is 18.3 Å². The second-order valence-corrected chi connectivity index (χ2v) is 10.9. The Balaban J connectivity index is 1.34. The van der Waals surface area contributed by atoms with E-state index in [2.05, 4.69) is 45.2 Å². The van der Waals surface area contributed by atoms with E-state index in [1.165, 1.54) is 17.5 Å². The average molecular weight is 534 g/mol. The number of anilines is 1. The Labute approximate surface area is 226 Å². The van der Waals surface area contributed by atoms with Crippen LogP contribution in [0.2, 0.25) is 0 Å². The third kappa shape index (κ3) is 4.84. The number of hydrogen-bond donors (Lipinski definition) is 2. The molecule has 6 rings (SSSR count). The van der Waals surface area contributed by atoms with Crippen LogP contribution in [0.1, 0.15) is 42.7 Å². The maximum atomic E-state index is 16.3. The molecule has 1 aliphatic heterocycles. The van der Waals surface area contributed by atoms with Gasteiger partial charge < -0.3 is 20.3 Å². The van der Waals surface area contributed by atoms with Crippen molar-refractivity contribution in [3.05, 3.63) is 59.7 Å². The summed E-state index contributed by atoms with van der Waals surface area (Å²) < 4.78 is 35.3. The minimum absolute atomic E-state index is 0.0971. The standard InChI is InChI=1S/C30H33F2N5O2/c1-17(31)29(38)34-13-12-33-28-24-11-10-23(22-7-3-5-19-15-18-8-9-21(18)25(19)22)26(32)27(24)35-30(36-28)39-16-20-6-4-14-37(20)2/h3,5,7,10-11,18,20-21H,1,4,6,8-9,12-16H2,2H3,(H,34,38)(H,33,35,36)/t18?,20-,21?/m0/s1. The molecule has 1 aromatic heterocycles. The largest absolute Gasteiger partial charge is 0.462 e. The third-order valence-corrected chi connectivity index (χ3v) is 8.57. The number of likely N-dealkylation sites (tertiary alicyclic amines) is 1. The molecule has 0 radical (unpaired) electrons. The van der Waals surface area contributed by atoms with E-state index in [1.54, 1.807) is 6.07 Å². The summed E-state index contributed by atoms with van der Waals surface area (Å²) in [5.41, 5.74) is 4.27. The van der Waals surface area contributed by atoms with Crippen molar-refractivity contribution in [2.24, 2.45) is 5.92 Å². The van der Waals surface area contributed by atoms with E-state index in [1.807, 2.05) is 18.2 Å². The number of nitrogens with one attached hydrogen (secondary N) is 2. The van der Waals surface area contributed by atoms with Crippen LogP contribution in [0.4, 0.5) is 14.6 Å². The quantitative estimate of drug-likeness (QED) is 0.299. The van der Waals surface area contributed by atoms with Gasteiger partial charge in [0, 0.05) is 30.1 Å². The number of aromatic nitrogens is 2. The molecule has 1 saturated heterocycles. The summed E-state index contributed by atoms with van der Waals surface area (Å²) in [6, 6.07) is 10.2. The molecule has 0 bridgehead atoms. The first kappa shape index (κ1) is 25.7. The molecule has 2 aliphatic carbocycles. The van der Waals surface area contributed by atoms with Gasteiger partial charge in [-0.2, -0.15) is 9.97 Å². The Kier molecular flexibility index (Phi) is 6.93. The number of fused-ring (bicyclic) bond motifs is 4. The Morgan fingerprint density at radius 2 is 2.03 bits per heavy atom. The summed E-state index contributed by atoms with van der Waals surface area (Å²) in [5, 5.41) is 6.08. The van der Waals surface area contributed by atoms with Crippen LogP contribution in [0.5, 0.6) is 6.01 Å². The molecule has 204 valence electrons. The van der Waals surface area contributed by atoms with Gasteiger partial charge in [-0.15, -0.1) is 0 Å². The maximum absolute atomic E-state index is 16.3. The lowest BCUT2D eigenvalue weighted by Gasteiger charge is -2.31. The first-order chi connectivity index (χ1) is 18.9. The molecule has 3 atom stereocenters. The molecule has 7 nitrogen and oxygen atoms in total. The third-order valence-electron chi connectivity index (χ3n) is 8.57. The number of ether oxygens (including phenoxy) is 1. The molecule has 2 unspecified atom stereocenters. The number of rotatable bonds is 9. The Bertz CT molecular complexity index is 1440. The molecule has 1 saturated carbocycles. The van der Waals surface area contributed by atoms with Crippen molar-refractivity contribution in [2.75, 3.05) is 38.6 Å². The van der Waals surface area contributed by atoms with Gasteiger partial charge in [-0.05, 0) is 80.3 Å². The van der Waals surface area contributed by atoms with E-state index in [-0.39, 0.29) is 30.7 Å². The number of halogens is 2. The Hall–Kier alpha value is -3.59. The first-order valence-corrected chi connectivity index (χ1v) is 13.7. The minimum Gasteiger partial charge on any atom is -0.462 e. The van der Waals surface area contributed by atoms with Crippen molar-refractivity contribution in [1.82, 2.24) is 20.2 Å². The fourth-order valence-electron chi connectivity index (χ4n) is 6.30. The second kappa shape index (κ2) is 10.5. The number of carbonyl (C=O) groups is 1. The van der Waals surface area contributed by atoms with E-state index in [0.717, 1.165) is 37.8 Å². The van der Waals surface area contributed by atoms with Gasteiger partial charge in [0.1, 0.15) is 17.9 Å². The summed E-state index contributed by atoms with van der Waals surface area (Å²) >= 11 is 0. The lowest BCUT2D eigenvalue weighted by molar-refractivity contribution is -0.118. The highest BCUT2D eigenvalue weighted by Crippen LogP contribution is 2.54. The van der Waals surface area contributed by atoms with Gasteiger partial charge in [0.2, 0.25) is 0 Å². The van der Waals surface area contributed by atoms with Crippen LogP contribution in [-0.4, -0.2) is 60.1 Å². The minimum atomic E-state index is -1.05. The SMILES string of the molecule is C=C(F)C(=O)NCCNc1nc(OC[C@@H]2CCCN2C)nc2c(F)c(-c3cccc4c3C3CCC3C4)ccc12. The molecule has 3 aliphatic rings. The van der Waals surface area contributed by atoms with Gasteiger partial charge in [0.05, 0.1) is 0 Å². The van der Waals surface area contributed by atoms with E-state index in [0.29, 0.717) is 35.2 Å². The van der Waals surface area contributed by atoms with E-state index in [9.17, 15) is 9.18 Å². The molecule has 2 fully saturated rings. The van der Waals surface area contributed by atoms with Crippen LogP contribution in [0.15, 0.2) is 42.7 Å². The monoisotopic (exact) mass is 533 g/mol. The van der Waals surface area contributed by atoms with E-state index < -0.39 is 17.6 Å². The highest BCUT2D eigenvalue weighted by Gasteiger charge is 2.40. The van der Waals surface area contributed by atoms with Crippen LogP contribution in [0.25, 0.3) is 22.0 Å². The lowest BCUT2D eigenvalue weighted by Crippen LogP contribution is -2.31. The molecule has 9 heteroatoms. The molecule has 2 heterocycles. The summed E-state index contributed by atoms with van der Waals surface area (Å²) in [7, 11) is 2.06. The molecular formula is C30H33F2N5O2. The van der Waals surface area contributed by atoms with Crippen molar-refractivity contribution in [3.63, 3.8) is 0 Å². The summed E-state index contributed by atoms with van der Waals surface area (Å²) in [6.45, 7) is 4.80. The van der Waals surface area contributed by atoms with Gasteiger partial charge in [-0.25, -0.2) is 8.78 Å². The van der Waals surface area contributed by atoms with Crippen LogP contribution < -0.4 is 15.4 Å². The number of amides is 1. The molecule has 2 N–H and O–H groups in total. The predicted molar refractivity (Wildman–Crippen MR) is 147 cm³/mol. The van der Waals surface area contributed by atoms with E-state index in [4.69, 9.17) is 4.74 Å². The molecule has 0 spiro atoms. The zero-order valence-corrected chi connectivity index (χ0v) is 22.1. The number of benzene rings is 2. The van der Waals surface area contributed by atoms with Crippen molar-refractivity contribution in [1.29, 1.82) is 0 Å². The van der Waals surface area contributed by atoms with Crippen LogP contribution in [0.3, 0.4) is 0 Å². The summed E-state index contributed by atoms with van der Waals surface area (Å²) in [6.07, 6.45) is 5.58. The van der Waals surface area contributed by atoms with Crippen molar-refractivity contribution in [2.45, 2.75) is 44.1 Å². The van der Waals surface area contributed by atoms with Gasteiger partial charge in [0.15, 0.2) is 11.6 Å². The van der Waals surface area contributed by atoms with Crippen LogP contribution in [-0.2, 0) is 11.2 Å². The number of nitrogens with zero attached hydrogens (tertiary/aromatic N) is 3. The highest BCUT2D eigenvalue weighted by molar-refractivity contribution is 5.94. The highest BCUT2D eigenvalue weighted by atomic mass is 19.1. The molecule has 39 heavy (non-hydrogen) atoms. The molecule has 3 aromatic rings. The number of carbonyl (C=O) groups excluding carboxylic acids is 1. The van der Waals surface area contributed by atoms with Crippen molar-refractivity contribution in [3.8, 4) is 17.1 Å². The molecular weight excluding hydrogens is 500 g/mol. The zero-order valence-electron chi connectivity index (χ0n) is 22.1. The van der Waals surface area contributed by atoms with Gasteiger partial charge in [0.25, 0.3) is 5.91 Å². The zero-order chi connectivity index (χ0) is 27.1. The Morgan fingerprint density at radius 3 is 2.77 bits per heavy atom. The van der Waals surface area contributed by atoms with Gasteiger partial charge >= 0.3 is 6.01 Å². The number of likely N-dealkylation sites (N-methyl/N-ethyl adjacent to an activating group) is 1. The molecule has 1 amide bonds. The smallest absolute Gasteiger partial charge is 0.319 e.